The van der Waals surface area contributed by atoms with E-state index in [1.807, 2.05) is 0 Å². The molecular formula is C26H31NO10. The van der Waals surface area contributed by atoms with Crippen LogP contribution in [0.15, 0.2) is 36.9 Å². The number of rotatable bonds is 11. The van der Waals surface area contributed by atoms with E-state index in [0.717, 1.165) is 31.6 Å². The number of unbranched alkanes of at least 4 members (excludes halogenated alkanes) is 2. The number of hydrogen-bond acceptors (Lipinski definition) is 10. The van der Waals surface area contributed by atoms with Crippen molar-refractivity contribution in [1.82, 2.24) is 4.90 Å². The average Bonchev–Trinajstić information content (AvgIpc) is 3.09. The van der Waals surface area contributed by atoms with E-state index in [1.165, 1.54) is 19.1 Å². The Bertz CT molecular complexity index is 1020. The van der Waals surface area contributed by atoms with Gasteiger partial charge in [-0.15, -0.1) is 6.58 Å². The molecule has 0 radical (unpaired) electrons. The van der Waals surface area contributed by atoms with E-state index in [-0.39, 0.29) is 24.3 Å². The Morgan fingerprint density at radius 3 is 2.08 bits per heavy atom. The molecule has 1 fully saturated rings. The van der Waals surface area contributed by atoms with Gasteiger partial charge in [-0.2, -0.15) is 0 Å². The monoisotopic (exact) mass is 517 g/mol. The second-order valence-corrected chi connectivity index (χ2v) is 8.67. The van der Waals surface area contributed by atoms with E-state index in [2.05, 4.69) is 6.58 Å². The molecule has 2 amide bonds. The normalized spacial score (nSPS) is 24.8. The minimum absolute atomic E-state index is 0.171. The fourth-order valence-corrected chi connectivity index (χ4v) is 4.36. The Hall–Kier alpha value is -3.57. The Balaban J connectivity index is 2.03. The number of amides is 2. The van der Waals surface area contributed by atoms with Crippen LogP contribution in [0.2, 0.25) is 0 Å². The van der Waals surface area contributed by atoms with E-state index in [9.17, 15) is 24.0 Å². The van der Waals surface area contributed by atoms with Crippen LogP contribution in [0.25, 0.3) is 0 Å². The van der Waals surface area contributed by atoms with Crippen molar-refractivity contribution >= 4 is 29.7 Å². The number of ether oxygens (including phenoxy) is 5. The van der Waals surface area contributed by atoms with E-state index < -0.39 is 60.4 Å². The Morgan fingerprint density at radius 2 is 1.54 bits per heavy atom. The third kappa shape index (κ3) is 6.60. The molecule has 1 aromatic carbocycles. The summed E-state index contributed by atoms with van der Waals surface area (Å²) in [6, 6.07) is 4.97. The fraction of sp³-hybridized carbons (Fsp3) is 0.500. The maximum atomic E-state index is 13.4. The molecule has 11 nitrogen and oxygen atoms in total. The van der Waals surface area contributed by atoms with E-state index in [0.29, 0.717) is 6.42 Å². The highest BCUT2D eigenvalue weighted by molar-refractivity contribution is 6.21. The molecule has 2 aliphatic heterocycles. The van der Waals surface area contributed by atoms with Crippen LogP contribution in [0.1, 0.15) is 60.7 Å². The molecule has 0 N–H and O–H groups in total. The van der Waals surface area contributed by atoms with Crippen LogP contribution >= 0.6 is 0 Å². The van der Waals surface area contributed by atoms with Gasteiger partial charge in [0, 0.05) is 27.4 Å². The quantitative estimate of drug-likeness (QED) is 0.141. The number of carbonyl (C=O) groups is 5. The number of fused-ring (bicyclic) bond motifs is 1. The zero-order chi connectivity index (χ0) is 27.1. The van der Waals surface area contributed by atoms with Gasteiger partial charge in [-0.1, -0.05) is 18.2 Å². The molecule has 0 aliphatic carbocycles. The molecule has 200 valence electrons. The molecule has 37 heavy (non-hydrogen) atoms. The highest BCUT2D eigenvalue weighted by Gasteiger charge is 2.57. The van der Waals surface area contributed by atoms with Crippen molar-refractivity contribution in [2.24, 2.45) is 0 Å². The number of carbonyl (C=O) groups excluding carboxylic acids is 5. The van der Waals surface area contributed by atoms with Gasteiger partial charge in [0.2, 0.25) is 0 Å². The van der Waals surface area contributed by atoms with Crippen molar-refractivity contribution in [3.8, 4) is 0 Å². The number of imide groups is 1. The predicted molar refractivity (Wildman–Crippen MR) is 127 cm³/mol. The van der Waals surface area contributed by atoms with Gasteiger partial charge in [0.05, 0.1) is 11.1 Å². The zero-order valence-electron chi connectivity index (χ0n) is 21.0. The van der Waals surface area contributed by atoms with Crippen LogP contribution in [0.5, 0.6) is 0 Å². The molecule has 0 saturated carbocycles. The summed E-state index contributed by atoms with van der Waals surface area (Å²) >= 11 is 0. The number of allylic oxidation sites excluding steroid dienone is 1. The summed E-state index contributed by atoms with van der Waals surface area (Å²) in [5.74, 6) is -3.36. The number of hydrogen-bond donors (Lipinski definition) is 0. The van der Waals surface area contributed by atoms with Crippen molar-refractivity contribution in [2.75, 3.05) is 13.2 Å². The summed E-state index contributed by atoms with van der Waals surface area (Å²) in [5, 5.41) is 0. The topological polar surface area (TPSA) is 135 Å². The first kappa shape index (κ1) is 28.0. The molecule has 3 rings (SSSR count). The standard InChI is InChI=1S/C26H31NO10/c1-5-6-7-10-13-33-26-21(27-24(31)18-11-8-9-12-19(18)25(27)32)23(36-17(4)30)22(35-16(3)29)20(37-26)14-34-15(2)28/h5,8-9,11-12,20-23,26H,1,6-7,10,13-14H2,2-4H3/t20-,21-,22-,23-,26-/m1/s1. The summed E-state index contributed by atoms with van der Waals surface area (Å²) in [7, 11) is 0. The highest BCUT2D eigenvalue weighted by Crippen LogP contribution is 2.35. The minimum Gasteiger partial charge on any atom is -0.463 e. The zero-order valence-corrected chi connectivity index (χ0v) is 21.0. The van der Waals surface area contributed by atoms with Crippen molar-refractivity contribution in [3.63, 3.8) is 0 Å². The Labute approximate surface area is 214 Å². The lowest BCUT2D eigenvalue weighted by molar-refractivity contribution is -0.286. The van der Waals surface area contributed by atoms with Gasteiger partial charge >= 0.3 is 17.9 Å². The molecule has 11 heteroatoms. The van der Waals surface area contributed by atoms with Crippen molar-refractivity contribution in [3.05, 3.63) is 48.0 Å². The van der Waals surface area contributed by atoms with Crippen LogP contribution in [0, 0.1) is 0 Å². The number of nitrogens with zero attached hydrogens (tertiary/aromatic N) is 1. The lowest BCUT2D eigenvalue weighted by Crippen LogP contribution is -2.67. The lowest BCUT2D eigenvalue weighted by atomic mass is 9.94. The highest BCUT2D eigenvalue weighted by atomic mass is 16.7. The van der Waals surface area contributed by atoms with Gasteiger partial charge in [-0.25, -0.2) is 0 Å². The van der Waals surface area contributed by atoms with Crippen LogP contribution in [-0.2, 0) is 38.1 Å². The number of esters is 3. The van der Waals surface area contributed by atoms with Gasteiger partial charge in [0.15, 0.2) is 18.5 Å². The molecule has 1 saturated heterocycles. The van der Waals surface area contributed by atoms with Crippen LogP contribution in [0.3, 0.4) is 0 Å². The molecular weight excluding hydrogens is 486 g/mol. The van der Waals surface area contributed by atoms with Crippen molar-refractivity contribution in [1.29, 1.82) is 0 Å². The third-order valence-electron chi connectivity index (χ3n) is 5.88. The summed E-state index contributed by atoms with van der Waals surface area (Å²) < 4.78 is 28.1. The van der Waals surface area contributed by atoms with Gasteiger partial charge in [0.1, 0.15) is 18.8 Å². The first-order chi connectivity index (χ1) is 17.6. The maximum Gasteiger partial charge on any atom is 0.303 e. The van der Waals surface area contributed by atoms with Crippen molar-refractivity contribution < 1.29 is 47.7 Å². The largest absolute Gasteiger partial charge is 0.463 e. The molecule has 0 bridgehead atoms. The molecule has 2 heterocycles. The van der Waals surface area contributed by atoms with E-state index >= 15 is 0 Å². The predicted octanol–water partition coefficient (Wildman–Crippen LogP) is 2.18. The second kappa shape index (κ2) is 12.6. The summed E-state index contributed by atoms with van der Waals surface area (Å²) in [5.41, 5.74) is 0.342. The van der Waals surface area contributed by atoms with Crippen molar-refractivity contribution in [2.45, 2.75) is 70.7 Å². The van der Waals surface area contributed by atoms with Gasteiger partial charge in [-0.05, 0) is 31.4 Å². The third-order valence-corrected chi connectivity index (χ3v) is 5.88. The fourth-order valence-electron chi connectivity index (χ4n) is 4.36. The van der Waals surface area contributed by atoms with Crippen LogP contribution in [-0.4, -0.2) is 78.5 Å². The van der Waals surface area contributed by atoms with Crippen LogP contribution < -0.4 is 0 Å². The summed E-state index contributed by atoms with van der Waals surface area (Å²) in [6.45, 7) is 7.00. The molecule has 0 unspecified atom stereocenters. The van der Waals surface area contributed by atoms with Gasteiger partial charge < -0.3 is 23.7 Å². The van der Waals surface area contributed by atoms with Gasteiger partial charge in [0.25, 0.3) is 11.8 Å². The molecule has 1 aromatic rings. The first-order valence-electron chi connectivity index (χ1n) is 12.0. The molecule has 5 atom stereocenters. The summed E-state index contributed by atoms with van der Waals surface area (Å²) in [4.78, 5) is 63.4. The van der Waals surface area contributed by atoms with E-state index in [1.54, 1.807) is 18.2 Å². The lowest BCUT2D eigenvalue weighted by Gasteiger charge is -2.47. The molecule has 0 aromatic heterocycles. The Morgan fingerprint density at radius 1 is 0.946 bits per heavy atom. The molecule has 2 aliphatic rings. The molecule has 0 spiro atoms. The maximum absolute atomic E-state index is 13.4. The Kier molecular flexibility index (Phi) is 9.54. The van der Waals surface area contributed by atoms with Crippen LogP contribution in [0.4, 0.5) is 0 Å². The summed E-state index contributed by atoms with van der Waals surface area (Å²) in [6.07, 6.45) is -1.14. The second-order valence-electron chi connectivity index (χ2n) is 8.67. The van der Waals surface area contributed by atoms with Gasteiger partial charge in [-0.3, -0.25) is 28.9 Å². The average molecular weight is 518 g/mol. The van der Waals surface area contributed by atoms with E-state index in [4.69, 9.17) is 23.7 Å². The first-order valence-corrected chi connectivity index (χ1v) is 12.0. The smallest absolute Gasteiger partial charge is 0.303 e. The number of benzene rings is 1. The SMILES string of the molecule is C=CCCCCO[C@@H]1O[C@H](COC(C)=O)[C@@H](OC(C)=O)[C@H](OC(C)=O)[C@H]1N1C(=O)c2ccccc2C1=O. The minimum atomic E-state index is -1.36.